The SMILES string of the molecule is O=C(CN1C(=O)c2ccccc2C1=O)Nc1ccc2c(c1)CCCN2C(=O)C1CC1. The van der Waals surface area contributed by atoms with Gasteiger partial charge in [-0.1, -0.05) is 12.1 Å². The monoisotopic (exact) mass is 403 g/mol. The van der Waals surface area contributed by atoms with Crippen molar-refractivity contribution >= 4 is 35.0 Å². The second-order valence-corrected chi connectivity index (χ2v) is 8.00. The first kappa shape index (κ1) is 18.5. The van der Waals surface area contributed by atoms with Gasteiger partial charge in [0.15, 0.2) is 0 Å². The Morgan fingerprint density at radius 1 is 1.00 bits per heavy atom. The van der Waals surface area contributed by atoms with Gasteiger partial charge in [0.2, 0.25) is 11.8 Å². The first-order valence-corrected chi connectivity index (χ1v) is 10.2. The van der Waals surface area contributed by atoms with E-state index in [0.29, 0.717) is 16.8 Å². The highest BCUT2D eigenvalue weighted by atomic mass is 16.2. The summed E-state index contributed by atoms with van der Waals surface area (Å²) in [5, 5.41) is 2.78. The number of nitrogens with zero attached hydrogens (tertiary/aromatic N) is 2. The predicted molar refractivity (Wildman–Crippen MR) is 110 cm³/mol. The summed E-state index contributed by atoms with van der Waals surface area (Å²) >= 11 is 0. The van der Waals surface area contributed by atoms with Gasteiger partial charge < -0.3 is 10.2 Å². The largest absolute Gasteiger partial charge is 0.325 e. The molecule has 2 aromatic carbocycles. The molecule has 0 saturated heterocycles. The van der Waals surface area contributed by atoms with Gasteiger partial charge in [0, 0.05) is 23.8 Å². The van der Waals surface area contributed by atoms with Crippen molar-refractivity contribution in [1.82, 2.24) is 4.90 Å². The fraction of sp³-hybridized carbons (Fsp3) is 0.304. The number of nitrogens with one attached hydrogen (secondary N) is 1. The number of benzene rings is 2. The number of hydrogen-bond donors (Lipinski definition) is 1. The molecule has 2 heterocycles. The van der Waals surface area contributed by atoms with Crippen LogP contribution in [0.1, 0.15) is 45.5 Å². The van der Waals surface area contributed by atoms with E-state index >= 15 is 0 Å². The van der Waals surface area contributed by atoms with Crippen molar-refractivity contribution in [2.45, 2.75) is 25.7 Å². The predicted octanol–water partition coefficient (Wildman–Crippen LogP) is 2.61. The summed E-state index contributed by atoms with van der Waals surface area (Å²) in [5.41, 5.74) is 3.18. The highest BCUT2D eigenvalue weighted by molar-refractivity contribution is 6.22. The van der Waals surface area contributed by atoms with Crippen LogP contribution in [-0.4, -0.2) is 41.6 Å². The van der Waals surface area contributed by atoms with E-state index in [-0.39, 0.29) is 18.4 Å². The summed E-state index contributed by atoms with van der Waals surface area (Å²) in [6.45, 7) is 0.392. The molecule has 0 radical (unpaired) electrons. The number of carbonyl (C=O) groups excluding carboxylic acids is 4. The third-order valence-electron chi connectivity index (χ3n) is 5.85. The van der Waals surface area contributed by atoms with E-state index in [9.17, 15) is 19.2 Å². The van der Waals surface area contributed by atoms with Gasteiger partial charge in [0.1, 0.15) is 6.54 Å². The molecule has 1 N–H and O–H groups in total. The van der Waals surface area contributed by atoms with Crippen LogP contribution in [0.15, 0.2) is 42.5 Å². The molecule has 1 saturated carbocycles. The molecule has 1 fully saturated rings. The zero-order valence-electron chi connectivity index (χ0n) is 16.4. The van der Waals surface area contributed by atoms with E-state index in [1.54, 1.807) is 30.3 Å². The maximum Gasteiger partial charge on any atom is 0.262 e. The molecule has 2 aliphatic heterocycles. The molecule has 1 aliphatic carbocycles. The van der Waals surface area contributed by atoms with Crippen LogP contribution < -0.4 is 10.2 Å². The Morgan fingerprint density at radius 3 is 2.37 bits per heavy atom. The Kier molecular flexibility index (Phi) is 4.38. The number of imide groups is 1. The molecular weight excluding hydrogens is 382 g/mol. The van der Waals surface area contributed by atoms with E-state index in [1.807, 2.05) is 17.0 Å². The summed E-state index contributed by atoms with van der Waals surface area (Å²) in [6.07, 6.45) is 3.66. The Labute approximate surface area is 173 Å². The smallest absolute Gasteiger partial charge is 0.262 e. The van der Waals surface area contributed by atoms with Gasteiger partial charge in [-0.15, -0.1) is 0 Å². The van der Waals surface area contributed by atoms with Crippen LogP contribution in [0.25, 0.3) is 0 Å². The zero-order chi connectivity index (χ0) is 20.8. The molecule has 0 spiro atoms. The van der Waals surface area contributed by atoms with Crippen LogP contribution in [0.4, 0.5) is 11.4 Å². The molecule has 2 aromatic rings. The molecule has 3 aliphatic rings. The maximum atomic E-state index is 12.5. The molecule has 0 unspecified atom stereocenters. The van der Waals surface area contributed by atoms with Gasteiger partial charge in [0.25, 0.3) is 11.8 Å². The molecular formula is C23H21N3O4. The van der Waals surface area contributed by atoms with Gasteiger partial charge in [-0.3, -0.25) is 24.1 Å². The van der Waals surface area contributed by atoms with Crippen molar-refractivity contribution in [1.29, 1.82) is 0 Å². The van der Waals surface area contributed by atoms with Gasteiger partial charge >= 0.3 is 0 Å². The number of carbonyl (C=O) groups is 4. The van der Waals surface area contributed by atoms with Crippen molar-refractivity contribution in [2.24, 2.45) is 5.92 Å². The second-order valence-electron chi connectivity index (χ2n) is 8.00. The average molecular weight is 403 g/mol. The van der Waals surface area contributed by atoms with Crippen molar-refractivity contribution in [3.8, 4) is 0 Å². The summed E-state index contributed by atoms with van der Waals surface area (Å²) in [6, 6.07) is 12.1. The number of fused-ring (bicyclic) bond motifs is 2. The lowest BCUT2D eigenvalue weighted by Gasteiger charge is -2.30. The number of hydrogen-bond acceptors (Lipinski definition) is 4. The highest BCUT2D eigenvalue weighted by Gasteiger charge is 2.37. The van der Waals surface area contributed by atoms with Gasteiger partial charge in [-0.2, -0.15) is 0 Å². The molecule has 5 rings (SSSR count). The van der Waals surface area contributed by atoms with E-state index in [1.165, 1.54) is 0 Å². The minimum absolute atomic E-state index is 0.162. The van der Waals surface area contributed by atoms with Crippen LogP contribution >= 0.6 is 0 Å². The Balaban J connectivity index is 1.29. The topological polar surface area (TPSA) is 86.8 Å². The van der Waals surface area contributed by atoms with E-state index < -0.39 is 17.7 Å². The van der Waals surface area contributed by atoms with Crippen LogP contribution in [0.3, 0.4) is 0 Å². The minimum Gasteiger partial charge on any atom is -0.325 e. The van der Waals surface area contributed by atoms with Crippen LogP contribution in [0.5, 0.6) is 0 Å². The first-order valence-electron chi connectivity index (χ1n) is 10.2. The normalized spacial score (nSPS) is 17.6. The maximum absolute atomic E-state index is 12.5. The molecule has 7 heteroatoms. The van der Waals surface area contributed by atoms with Crippen molar-refractivity contribution in [2.75, 3.05) is 23.3 Å². The molecule has 7 nitrogen and oxygen atoms in total. The fourth-order valence-corrected chi connectivity index (χ4v) is 4.18. The van der Waals surface area contributed by atoms with Crippen molar-refractivity contribution < 1.29 is 19.2 Å². The quantitative estimate of drug-likeness (QED) is 0.795. The molecule has 0 atom stereocenters. The molecule has 30 heavy (non-hydrogen) atoms. The van der Waals surface area contributed by atoms with E-state index in [0.717, 1.165) is 48.4 Å². The van der Waals surface area contributed by atoms with Crippen LogP contribution in [-0.2, 0) is 16.0 Å². The molecule has 152 valence electrons. The number of rotatable bonds is 4. The number of aryl methyl sites for hydroxylation is 1. The van der Waals surface area contributed by atoms with E-state index in [2.05, 4.69) is 5.32 Å². The first-order chi connectivity index (χ1) is 14.5. The van der Waals surface area contributed by atoms with Crippen LogP contribution in [0.2, 0.25) is 0 Å². The number of amides is 4. The van der Waals surface area contributed by atoms with Crippen molar-refractivity contribution in [3.05, 3.63) is 59.2 Å². The molecule has 0 aromatic heterocycles. The van der Waals surface area contributed by atoms with Gasteiger partial charge in [-0.05, 0) is 61.6 Å². The van der Waals surface area contributed by atoms with Crippen LogP contribution in [0, 0.1) is 5.92 Å². The zero-order valence-corrected chi connectivity index (χ0v) is 16.4. The third kappa shape index (κ3) is 3.16. The van der Waals surface area contributed by atoms with Crippen molar-refractivity contribution in [3.63, 3.8) is 0 Å². The summed E-state index contributed by atoms with van der Waals surface area (Å²) in [4.78, 5) is 52.7. The fourth-order valence-electron chi connectivity index (χ4n) is 4.18. The van der Waals surface area contributed by atoms with Gasteiger partial charge in [-0.25, -0.2) is 0 Å². The highest BCUT2D eigenvalue weighted by Crippen LogP contribution is 2.36. The lowest BCUT2D eigenvalue weighted by atomic mass is 10.0. The summed E-state index contributed by atoms with van der Waals surface area (Å²) in [5.74, 6) is -0.990. The lowest BCUT2D eigenvalue weighted by molar-refractivity contribution is -0.120. The molecule has 4 amide bonds. The Hall–Kier alpha value is -3.48. The minimum atomic E-state index is -0.453. The Bertz CT molecular complexity index is 1050. The standard InChI is InChI=1S/C23H21N3O4/c27-20(13-26-22(29)17-5-1-2-6-18(17)23(26)30)24-16-9-10-19-15(12-16)4-3-11-25(19)21(28)14-7-8-14/h1-2,5-6,9-10,12,14H,3-4,7-8,11,13H2,(H,24,27). The Morgan fingerprint density at radius 2 is 1.70 bits per heavy atom. The second kappa shape index (κ2) is 7.09. The average Bonchev–Trinajstić information content (AvgIpc) is 3.58. The summed E-state index contributed by atoms with van der Waals surface area (Å²) in [7, 11) is 0. The summed E-state index contributed by atoms with van der Waals surface area (Å²) < 4.78 is 0. The lowest BCUT2D eigenvalue weighted by Crippen LogP contribution is -2.37. The van der Waals surface area contributed by atoms with Gasteiger partial charge in [0.05, 0.1) is 11.1 Å². The number of anilines is 2. The third-order valence-corrected chi connectivity index (χ3v) is 5.85. The van der Waals surface area contributed by atoms with E-state index in [4.69, 9.17) is 0 Å². The molecule has 0 bridgehead atoms.